The number of benzene rings is 1. The number of para-hydroxylation sites is 1. The maximum atomic E-state index is 12.7. The van der Waals surface area contributed by atoms with Crippen molar-refractivity contribution in [3.8, 4) is 0 Å². The molecule has 3 atom stereocenters. The Balaban J connectivity index is 1.81. The fourth-order valence-corrected chi connectivity index (χ4v) is 3.34. The van der Waals surface area contributed by atoms with Gasteiger partial charge in [0.25, 0.3) is 0 Å². The first-order chi connectivity index (χ1) is 9.29. The van der Waals surface area contributed by atoms with Crippen molar-refractivity contribution in [2.75, 3.05) is 18.1 Å². The van der Waals surface area contributed by atoms with Crippen LogP contribution in [-0.2, 0) is 4.79 Å². The summed E-state index contributed by atoms with van der Waals surface area (Å²) >= 11 is 0. The molecule has 3 unspecified atom stereocenters. The van der Waals surface area contributed by atoms with E-state index in [1.807, 2.05) is 30.3 Å². The first kappa shape index (κ1) is 12.4. The Kier molecular flexibility index (Phi) is 3.38. The molecule has 3 heteroatoms. The number of anilines is 1. The summed E-state index contributed by atoms with van der Waals surface area (Å²) in [7, 11) is 0. The molecule has 1 amide bonds. The molecule has 3 nitrogen and oxygen atoms in total. The second-order valence-corrected chi connectivity index (χ2v) is 5.44. The molecule has 2 bridgehead atoms. The van der Waals surface area contributed by atoms with Gasteiger partial charge in [0.15, 0.2) is 0 Å². The topological polar surface area (TPSA) is 40.5 Å². The molecule has 1 N–H and O–H groups in total. The van der Waals surface area contributed by atoms with Gasteiger partial charge in [-0.3, -0.25) is 4.79 Å². The molecule has 1 saturated carbocycles. The molecule has 100 valence electrons. The standard InChI is InChI=1S/C16H19NO2/c18-9-8-17(14-4-2-1-3-5-14)16(19)15-11-12-6-7-13(15)10-12/h1-7,12-13,15,18H,8-11H2. The fraction of sp³-hybridized carbons (Fsp3) is 0.438. The predicted molar refractivity (Wildman–Crippen MR) is 74.7 cm³/mol. The van der Waals surface area contributed by atoms with Gasteiger partial charge in [0.05, 0.1) is 6.61 Å². The van der Waals surface area contributed by atoms with Crippen LogP contribution in [0.2, 0.25) is 0 Å². The number of allylic oxidation sites excluding steroid dienone is 2. The minimum Gasteiger partial charge on any atom is -0.395 e. The maximum absolute atomic E-state index is 12.7. The van der Waals surface area contributed by atoms with Gasteiger partial charge in [0.1, 0.15) is 0 Å². The Labute approximate surface area is 113 Å². The normalized spacial score (nSPS) is 27.7. The first-order valence-corrected chi connectivity index (χ1v) is 6.95. The van der Waals surface area contributed by atoms with Gasteiger partial charge in [-0.1, -0.05) is 30.4 Å². The monoisotopic (exact) mass is 257 g/mol. The van der Waals surface area contributed by atoms with Crippen LogP contribution in [-0.4, -0.2) is 24.2 Å². The molecule has 19 heavy (non-hydrogen) atoms. The van der Waals surface area contributed by atoms with Gasteiger partial charge in [-0.15, -0.1) is 0 Å². The van der Waals surface area contributed by atoms with E-state index in [0.717, 1.165) is 18.5 Å². The lowest BCUT2D eigenvalue weighted by Crippen LogP contribution is -2.39. The van der Waals surface area contributed by atoms with E-state index >= 15 is 0 Å². The van der Waals surface area contributed by atoms with Gasteiger partial charge in [0.2, 0.25) is 5.91 Å². The second-order valence-electron chi connectivity index (χ2n) is 5.44. The summed E-state index contributed by atoms with van der Waals surface area (Å²) in [5.41, 5.74) is 0.883. The van der Waals surface area contributed by atoms with Crippen molar-refractivity contribution < 1.29 is 9.90 Å². The van der Waals surface area contributed by atoms with Crippen LogP contribution in [0, 0.1) is 17.8 Å². The van der Waals surface area contributed by atoms with Crippen molar-refractivity contribution in [3.05, 3.63) is 42.5 Å². The van der Waals surface area contributed by atoms with Gasteiger partial charge in [0, 0.05) is 18.2 Å². The smallest absolute Gasteiger partial charge is 0.230 e. The zero-order valence-electron chi connectivity index (χ0n) is 10.9. The van der Waals surface area contributed by atoms with E-state index in [1.54, 1.807) is 4.90 Å². The highest BCUT2D eigenvalue weighted by Crippen LogP contribution is 2.44. The Bertz CT molecular complexity index is 483. The summed E-state index contributed by atoms with van der Waals surface area (Å²) in [6, 6.07) is 9.64. The minimum absolute atomic E-state index is 0.00269. The van der Waals surface area contributed by atoms with Crippen molar-refractivity contribution in [2.24, 2.45) is 17.8 Å². The average molecular weight is 257 g/mol. The van der Waals surface area contributed by atoms with Gasteiger partial charge in [-0.2, -0.15) is 0 Å². The average Bonchev–Trinajstić information content (AvgIpc) is 3.07. The molecule has 2 aliphatic rings. The molecule has 0 saturated heterocycles. The largest absolute Gasteiger partial charge is 0.395 e. The molecule has 1 aromatic carbocycles. The number of amides is 1. The quantitative estimate of drug-likeness (QED) is 0.840. The molecule has 1 fully saturated rings. The van der Waals surface area contributed by atoms with E-state index in [4.69, 9.17) is 0 Å². The van der Waals surface area contributed by atoms with Crippen molar-refractivity contribution in [1.82, 2.24) is 0 Å². The second kappa shape index (κ2) is 5.17. The summed E-state index contributed by atoms with van der Waals surface area (Å²) in [6.07, 6.45) is 6.53. The molecular formula is C16H19NO2. The van der Waals surface area contributed by atoms with E-state index in [0.29, 0.717) is 18.4 Å². The van der Waals surface area contributed by atoms with E-state index in [9.17, 15) is 9.90 Å². The summed E-state index contributed by atoms with van der Waals surface area (Å²) in [5.74, 6) is 1.26. The van der Waals surface area contributed by atoms with Crippen LogP contribution in [0.1, 0.15) is 12.8 Å². The summed E-state index contributed by atoms with van der Waals surface area (Å²) in [4.78, 5) is 14.4. The Hall–Kier alpha value is -1.61. The molecule has 1 aromatic rings. The molecular weight excluding hydrogens is 238 g/mol. The van der Waals surface area contributed by atoms with Crippen LogP contribution < -0.4 is 4.90 Å². The van der Waals surface area contributed by atoms with Crippen LogP contribution in [0.5, 0.6) is 0 Å². The third-order valence-electron chi connectivity index (χ3n) is 4.25. The lowest BCUT2D eigenvalue weighted by atomic mass is 9.92. The van der Waals surface area contributed by atoms with Gasteiger partial charge in [-0.25, -0.2) is 0 Å². The molecule has 0 radical (unpaired) electrons. The van der Waals surface area contributed by atoms with E-state index in [2.05, 4.69) is 12.2 Å². The van der Waals surface area contributed by atoms with Crippen LogP contribution in [0.25, 0.3) is 0 Å². The Morgan fingerprint density at radius 1 is 1.21 bits per heavy atom. The van der Waals surface area contributed by atoms with Crippen LogP contribution in [0.3, 0.4) is 0 Å². The van der Waals surface area contributed by atoms with Crippen molar-refractivity contribution >= 4 is 11.6 Å². The third kappa shape index (κ3) is 2.30. The van der Waals surface area contributed by atoms with Crippen LogP contribution in [0.15, 0.2) is 42.5 Å². The number of hydrogen-bond acceptors (Lipinski definition) is 2. The summed E-state index contributed by atoms with van der Waals surface area (Å²) in [5, 5.41) is 9.21. The molecule has 0 heterocycles. The summed E-state index contributed by atoms with van der Waals surface area (Å²) < 4.78 is 0. The Morgan fingerprint density at radius 3 is 2.58 bits per heavy atom. The number of rotatable bonds is 4. The molecule has 0 aliphatic heterocycles. The highest BCUT2D eigenvalue weighted by atomic mass is 16.3. The SMILES string of the molecule is O=C(C1CC2C=CC1C2)N(CCO)c1ccccc1. The number of aliphatic hydroxyl groups excluding tert-OH is 1. The van der Waals surface area contributed by atoms with Crippen molar-refractivity contribution in [2.45, 2.75) is 12.8 Å². The number of carbonyl (C=O) groups excluding carboxylic acids is 1. The molecule has 2 aliphatic carbocycles. The summed E-state index contributed by atoms with van der Waals surface area (Å²) in [6.45, 7) is 0.373. The van der Waals surface area contributed by atoms with E-state index < -0.39 is 0 Å². The number of hydrogen-bond donors (Lipinski definition) is 1. The molecule has 0 spiro atoms. The lowest BCUT2D eigenvalue weighted by Gasteiger charge is -2.27. The molecule has 3 rings (SSSR count). The van der Waals surface area contributed by atoms with Crippen LogP contribution in [0.4, 0.5) is 5.69 Å². The Morgan fingerprint density at radius 2 is 2.00 bits per heavy atom. The van der Waals surface area contributed by atoms with E-state index in [1.165, 1.54) is 0 Å². The number of nitrogens with zero attached hydrogens (tertiary/aromatic N) is 1. The van der Waals surface area contributed by atoms with Gasteiger partial charge in [-0.05, 0) is 36.8 Å². The zero-order chi connectivity index (χ0) is 13.2. The van der Waals surface area contributed by atoms with Crippen molar-refractivity contribution in [3.63, 3.8) is 0 Å². The number of carbonyl (C=O) groups is 1. The minimum atomic E-state index is -0.00269. The van der Waals surface area contributed by atoms with Gasteiger partial charge < -0.3 is 10.0 Å². The number of aliphatic hydroxyl groups is 1. The van der Waals surface area contributed by atoms with Crippen molar-refractivity contribution in [1.29, 1.82) is 0 Å². The van der Waals surface area contributed by atoms with E-state index in [-0.39, 0.29) is 18.4 Å². The lowest BCUT2D eigenvalue weighted by molar-refractivity contribution is -0.123. The first-order valence-electron chi connectivity index (χ1n) is 6.95. The van der Waals surface area contributed by atoms with Gasteiger partial charge >= 0.3 is 0 Å². The highest BCUT2D eigenvalue weighted by Gasteiger charge is 2.41. The fourth-order valence-electron chi connectivity index (χ4n) is 3.34. The third-order valence-corrected chi connectivity index (χ3v) is 4.25. The highest BCUT2D eigenvalue weighted by molar-refractivity contribution is 5.95. The van der Waals surface area contributed by atoms with Crippen LogP contribution >= 0.6 is 0 Å². The zero-order valence-corrected chi connectivity index (χ0v) is 10.9. The predicted octanol–water partition coefficient (Wildman–Crippen LogP) is 2.22. The maximum Gasteiger partial charge on any atom is 0.230 e. The number of fused-ring (bicyclic) bond motifs is 2. The molecule has 0 aromatic heterocycles.